The Bertz CT molecular complexity index is 362. The van der Waals surface area contributed by atoms with Gasteiger partial charge < -0.3 is 10.1 Å². The van der Waals surface area contributed by atoms with Crippen LogP contribution in [0.2, 0.25) is 0 Å². The van der Waals surface area contributed by atoms with Crippen molar-refractivity contribution >= 4 is 0 Å². The smallest absolute Gasteiger partial charge is 0.0615 e. The van der Waals surface area contributed by atoms with Crippen molar-refractivity contribution < 1.29 is 4.74 Å². The number of nitrogens with zero attached hydrogens (tertiary/aromatic N) is 2. The molecule has 0 amide bonds. The standard InChI is InChI=1S/C13H23N3O/c1-4-10(9-17-3)15-12-6-5-7-13-11(12)8-14-16(13)2/h8,10,12,15H,4-7,9H2,1-3H3. The van der Waals surface area contributed by atoms with Crippen molar-refractivity contribution in [2.24, 2.45) is 7.05 Å². The van der Waals surface area contributed by atoms with E-state index in [1.165, 1.54) is 24.1 Å². The number of aromatic nitrogens is 2. The van der Waals surface area contributed by atoms with E-state index in [0.717, 1.165) is 19.4 Å². The SMILES string of the molecule is CCC(COC)NC1CCCc2c1cnn2C. The maximum Gasteiger partial charge on any atom is 0.0615 e. The lowest BCUT2D eigenvalue weighted by atomic mass is 9.92. The normalized spacial score (nSPS) is 21.2. The monoisotopic (exact) mass is 237 g/mol. The van der Waals surface area contributed by atoms with E-state index in [2.05, 4.69) is 17.3 Å². The van der Waals surface area contributed by atoms with Crippen molar-refractivity contribution in [3.8, 4) is 0 Å². The average molecular weight is 237 g/mol. The lowest BCUT2D eigenvalue weighted by Gasteiger charge is -2.28. The Hall–Kier alpha value is -0.870. The molecule has 4 nitrogen and oxygen atoms in total. The molecule has 2 unspecified atom stereocenters. The lowest BCUT2D eigenvalue weighted by Crippen LogP contribution is -2.37. The van der Waals surface area contributed by atoms with Crippen LogP contribution in [-0.2, 0) is 18.2 Å². The Labute approximate surface area is 103 Å². The topological polar surface area (TPSA) is 39.1 Å². The summed E-state index contributed by atoms with van der Waals surface area (Å²) >= 11 is 0. The second-order valence-electron chi connectivity index (χ2n) is 4.84. The molecule has 96 valence electrons. The number of nitrogens with one attached hydrogen (secondary N) is 1. The number of methoxy groups -OCH3 is 1. The third-order valence-electron chi connectivity index (χ3n) is 3.67. The highest BCUT2D eigenvalue weighted by Gasteiger charge is 2.24. The molecule has 0 fully saturated rings. The van der Waals surface area contributed by atoms with Crippen LogP contribution < -0.4 is 5.32 Å². The third kappa shape index (κ3) is 2.69. The van der Waals surface area contributed by atoms with E-state index < -0.39 is 0 Å². The van der Waals surface area contributed by atoms with E-state index in [4.69, 9.17) is 4.74 Å². The number of hydrogen-bond donors (Lipinski definition) is 1. The summed E-state index contributed by atoms with van der Waals surface area (Å²) in [6.07, 6.45) is 6.73. The lowest BCUT2D eigenvalue weighted by molar-refractivity contribution is 0.156. The predicted octanol–water partition coefficient (Wildman–Crippen LogP) is 1.81. The van der Waals surface area contributed by atoms with E-state index in [1.54, 1.807) is 7.11 Å². The van der Waals surface area contributed by atoms with E-state index >= 15 is 0 Å². The summed E-state index contributed by atoms with van der Waals surface area (Å²) in [5.74, 6) is 0. The summed E-state index contributed by atoms with van der Waals surface area (Å²) in [4.78, 5) is 0. The molecule has 0 aliphatic heterocycles. The Kier molecular flexibility index (Phi) is 4.18. The quantitative estimate of drug-likeness (QED) is 0.849. The van der Waals surface area contributed by atoms with Gasteiger partial charge >= 0.3 is 0 Å². The highest BCUT2D eigenvalue weighted by atomic mass is 16.5. The van der Waals surface area contributed by atoms with Crippen LogP contribution >= 0.6 is 0 Å². The summed E-state index contributed by atoms with van der Waals surface area (Å²) in [6.45, 7) is 2.98. The van der Waals surface area contributed by atoms with Crippen LogP contribution in [-0.4, -0.2) is 29.5 Å². The fraction of sp³-hybridized carbons (Fsp3) is 0.769. The van der Waals surface area contributed by atoms with Gasteiger partial charge in [-0.05, 0) is 25.7 Å². The molecular formula is C13H23N3O. The first-order valence-corrected chi connectivity index (χ1v) is 6.52. The minimum absolute atomic E-state index is 0.441. The summed E-state index contributed by atoms with van der Waals surface area (Å²) in [5.41, 5.74) is 2.77. The zero-order valence-electron chi connectivity index (χ0n) is 11.1. The molecule has 0 saturated carbocycles. The first-order chi connectivity index (χ1) is 8.26. The van der Waals surface area contributed by atoms with Crippen LogP contribution in [0.4, 0.5) is 0 Å². The van der Waals surface area contributed by atoms with Crippen molar-refractivity contribution in [2.45, 2.75) is 44.7 Å². The largest absolute Gasteiger partial charge is 0.383 e. The minimum atomic E-state index is 0.441. The van der Waals surface area contributed by atoms with Crippen molar-refractivity contribution in [3.05, 3.63) is 17.5 Å². The van der Waals surface area contributed by atoms with Crippen LogP contribution in [0, 0.1) is 0 Å². The Morgan fingerprint density at radius 1 is 1.65 bits per heavy atom. The fourth-order valence-electron chi connectivity index (χ4n) is 2.65. The molecule has 1 aromatic heterocycles. The summed E-state index contributed by atoms with van der Waals surface area (Å²) in [5, 5.41) is 8.07. The zero-order valence-corrected chi connectivity index (χ0v) is 11.1. The van der Waals surface area contributed by atoms with Crippen molar-refractivity contribution in [1.82, 2.24) is 15.1 Å². The van der Waals surface area contributed by atoms with E-state index in [0.29, 0.717) is 12.1 Å². The predicted molar refractivity (Wildman–Crippen MR) is 68.0 cm³/mol. The molecular weight excluding hydrogens is 214 g/mol. The number of hydrogen-bond acceptors (Lipinski definition) is 3. The van der Waals surface area contributed by atoms with Gasteiger partial charge in [0.25, 0.3) is 0 Å². The molecule has 0 spiro atoms. The first kappa shape index (κ1) is 12.6. The second kappa shape index (κ2) is 5.65. The molecule has 2 rings (SSSR count). The van der Waals surface area contributed by atoms with Gasteiger partial charge in [0.1, 0.15) is 0 Å². The van der Waals surface area contributed by atoms with Gasteiger partial charge in [0.2, 0.25) is 0 Å². The highest BCUT2D eigenvalue weighted by Crippen LogP contribution is 2.29. The molecule has 1 aromatic rings. The summed E-state index contributed by atoms with van der Waals surface area (Å²) in [7, 11) is 3.80. The van der Waals surface area contributed by atoms with Crippen molar-refractivity contribution in [2.75, 3.05) is 13.7 Å². The fourth-order valence-corrected chi connectivity index (χ4v) is 2.65. The van der Waals surface area contributed by atoms with Gasteiger partial charge in [0.05, 0.1) is 12.8 Å². The Morgan fingerprint density at radius 2 is 2.47 bits per heavy atom. The Balaban J connectivity index is 2.07. The first-order valence-electron chi connectivity index (χ1n) is 6.52. The van der Waals surface area contributed by atoms with Crippen molar-refractivity contribution in [3.63, 3.8) is 0 Å². The molecule has 17 heavy (non-hydrogen) atoms. The van der Waals surface area contributed by atoms with Crippen LogP contribution in [0.25, 0.3) is 0 Å². The number of rotatable bonds is 5. The summed E-state index contributed by atoms with van der Waals surface area (Å²) in [6, 6.07) is 0.892. The molecule has 1 heterocycles. The van der Waals surface area contributed by atoms with Gasteiger partial charge in [-0.15, -0.1) is 0 Å². The van der Waals surface area contributed by atoms with Gasteiger partial charge in [-0.2, -0.15) is 5.10 Å². The third-order valence-corrected chi connectivity index (χ3v) is 3.67. The molecule has 2 atom stereocenters. The van der Waals surface area contributed by atoms with Gasteiger partial charge in [0, 0.05) is 37.5 Å². The number of ether oxygens (including phenoxy) is 1. The molecule has 1 N–H and O–H groups in total. The van der Waals surface area contributed by atoms with Gasteiger partial charge in [0.15, 0.2) is 0 Å². The molecule has 1 aliphatic carbocycles. The van der Waals surface area contributed by atoms with Gasteiger partial charge in [-0.25, -0.2) is 0 Å². The maximum atomic E-state index is 5.25. The van der Waals surface area contributed by atoms with Crippen LogP contribution in [0.3, 0.4) is 0 Å². The maximum absolute atomic E-state index is 5.25. The molecule has 0 aromatic carbocycles. The average Bonchev–Trinajstić information content (AvgIpc) is 2.72. The van der Waals surface area contributed by atoms with Gasteiger partial charge in [-0.1, -0.05) is 6.92 Å². The Morgan fingerprint density at radius 3 is 3.18 bits per heavy atom. The van der Waals surface area contributed by atoms with E-state index in [-0.39, 0.29) is 0 Å². The van der Waals surface area contributed by atoms with E-state index in [1.807, 2.05) is 17.9 Å². The highest BCUT2D eigenvalue weighted by molar-refractivity contribution is 5.24. The van der Waals surface area contributed by atoms with Crippen LogP contribution in [0.1, 0.15) is 43.5 Å². The minimum Gasteiger partial charge on any atom is -0.383 e. The number of fused-ring (bicyclic) bond motifs is 1. The molecule has 0 radical (unpaired) electrons. The van der Waals surface area contributed by atoms with Gasteiger partial charge in [-0.3, -0.25) is 4.68 Å². The summed E-state index contributed by atoms with van der Waals surface area (Å²) < 4.78 is 7.26. The van der Waals surface area contributed by atoms with E-state index in [9.17, 15) is 0 Å². The molecule has 0 saturated heterocycles. The van der Waals surface area contributed by atoms with Crippen molar-refractivity contribution in [1.29, 1.82) is 0 Å². The molecule has 1 aliphatic rings. The van der Waals surface area contributed by atoms with Crippen LogP contribution in [0.15, 0.2) is 6.20 Å². The second-order valence-corrected chi connectivity index (χ2v) is 4.84. The van der Waals surface area contributed by atoms with Crippen LogP contribution in [0.5, 0.6) is 0 Å². The molecule has 4 heteroatoms. The zero-order chi connectivity index (χ0) is 12.3. The molecule has 0 bridgehead atoms. The number of aryl methyl sites for hydroxylation is 1.